The molecule has 3 aromatic rings. The second-order valence-electron chi connectivity index (χ2n) is 13.5. The van der Waals surface area contributed by atoms with Crippen molar-refractivity contribution in [3.63, 3.8) is 0 Å². The molecule has 1 heterocycles. The molecular weight excluding hydrogens is 745 g/mol. The summed E-state index contributed by atoms with van der Waals surface area (Å²) in [5.74, 6) is 0.482. The van der Waals surface area contributed by atoms with Crippen LogP contribution in [0.25, 0.3) is 0 Å². The Balaban J connectivity index is 0.00000523. The van der Waals surface area contributed by atoms with Crippen LogP contribution >= 0.6 is 24.8 Å². The van der Waals surface area contributed by atoms with Crippen molar-refractivity contribution in [2.24, 2.45) is 5.73 Å². The van der Waals surface area contributed by atoms with E-state index in [1.54, 1.807) is 49.5 Å². The first-order chi connectivity index (χ1) is 25.4. The number of unbranched alkanes of at least 4 members (excludes halogenated alkanes) is 2. The minimum Gasteiger partial charge on any atom is -0.495 e. The number of ether oxygens (including phenoxy) is 3. The molecular formula is C40H57Cl2N7O6. The number of nitrogens with zero attached hydrogens (tertiary/aromatic N) is 3. The number of guanidine groups is 1. The first kappa shape index (κ1) is 46.4. The number of halogens is 2. The minimum atomic E-state index is -0.596. The van der Waals surface area contributed by atoms with Crippen LogP contribution in [0, 0.1) is 12.3 Å². The van der Waals surface area contributed by atoms with Crippen LogP contribution in [0.15, 0.2) is 60.7 Å². The zero-order chi connectivity index (χ0) is 38.5. The Labute approximate surface area is 337 Å². The number of methoxy groups -OCH3 is 1. The molecule has 55 heavy (non-hydrogen) atoms. The lowest BCUT2D eigenvalue weighted by Crippen LogP contribution is -2.44. The second kappa shape index (κ2) is 22.6. The molecule has 0 aromatic heterocycles. The van der Waals surface area contributed by atoms with Gasteiger partial charge in [-0.3, -0.25) is 19.8 Å². The number of carbonyl (C=O) groups is 3. The van der Waals surface area contributed by atoms with E-state index < -0.39 is 12.1 Å². The van der Waals surface area contributed by atoms with Gasteiger partial charge in [0.05, 0.1) is 30.7 Å². The summed E-state index contributed by atoms with van der Waals surface area (Å²) in [7, 11) is 7.35. The molecule has 3 aromatic carbocycles. The van der Waals surface area contributed by atoms with Crippen LogP contribution in [0.3, 0.4) is 0 Å². The number of hydrogen-bond donors (Lipinski definition) is 4. The molecule has 0 bridgehead atoms. The second-order valence-corrected chi connectivity index (χ2v) is 13.5. The summed E-state index contributed by atoms with van der Waals surface area (Å²) in [6, 6.07) is 17.9. The van der Waals surface area contributed by atoms with E-state index in [0.717, 1.165) is 50.8 Å². The average Bonchev–Trinajstić information content (AvgIpc) is 3.15. The number of hydrogen-bond acceptors (Lipinski definition) is 8. The van der Waals surface area contributed by atoms with Gasteiger partial charge in [0.25, 0.3) is 11.8 Å². The van der Waals surface area contributed by atoms with Gasteiger partial charge in [0.1, 0.15) is 17.2 Å². The van der Waals surface area contributed by atoms with Crippen molar-refractivity contribution in [3.8, 4) is 17.2 Å². The number of rotatable bonds is 17. The SMILES string of the molecule is CCC(NC(=N)N)Oc1ccccc1C(=O)Nc1ccc(C(=O)N(C)c2ccc(C)cc2OCCCCCC(=O)N2CCC(N(C)C)CC2)cc1OC.Cl.Cl. The van der Waals surface area contributed by atoms with Gasteiger partial charge in [-0.15, -0.1) is 24.8 Å². The molecule has 3 amide bonds. The largest absolute Gasteiger partial charge is 0.495 e. The van der Waals surface area contributed by atoms with Gasteiger partial charge in [0.15, 0.2) is 12.2 Å². The maximum atomic E-state index is 13.8. The van der Waals surface area contributed by atoms with Gasteiger partial charge in [-0.05, 0) is 101 Å². The monoisotopic (exact) mass is 801 g/mol. The van der Waals surface area contributed by atoms with Crippen molar-refractivity contribution in [1.82, 2.24) is 15.1 Å². The summed E-state index contributed by atoms with van der Waals surface area (Å²) in [6.45, 7) is 5.95. The van der Waals surface area contributed by atoms with Crippen molar-refractivity contribution in [3.05, 3.63) is 77.4 Å². The van der Waals surface area contributed by atoms with Gasteiger partial charge in [-0.2, -0.15) is 0 Å². The Morgan fingerprint density at radius 3 is 2.31 bits per heavy atom. The molecule has 1 aliphatic heterocycles. The lowest BCUT2D eigenvalue weighted by atomic mass is 10.0. The van der Waals surface area contributed by atoms with Gasteiger partial charge >= 0.3 is 0 Å². The molecule has 4 rings (SSSR count). The average molecular weight is 803 g/mol. The van der Waals surface area contributed by atoms with Gasteiger partial charge in [-0.1, -0.05) is 25.1 Å². The van der Waals surface area contributed by atoms with Crippen LogP contribution in [-0.2, 0) is 4.79 Å². The van der Waals surface area contributed by atoms with E-state index in [0.29, 0.717) is 59.7 Å². The van der Waals surface area contributed by atoms with Gasteiger partial charge < -0.3 is 45.3 Å². The minimum absolute atomic E-state index is 0. The predicted octanol–water partition coefficient (Wildman–Crippen LogP) is 6.47. The Kier molecular flexibility index (Phi) is 19.1. The van der Waals surface area contributed by atoms with Gasteiger partial charge in [0, 0.05) is 44.6 Å². The Hall–Kier alpha value is -4.72. The van der Waals surface area contributed by atoms with Gasteiger partial charge in [-0.25, -0.2) is 0 Å². The number of carbonyl (C=O) groups excluding carboxylic acids is 3. The fraction of sp³-hybridized carbons (Fsp3) is 0.450. The number of piperidine rings is 1. The molecule has 0 spiro atoms. The Morgan fingerprint density at radius 2 is 1.65 bits per heavy atom. The van der Waals surface area contributed by atoms with E-state index in [-0.39, 0.29) is 48.2 Å². The lowest BCUT2D eigenvalue weighted by Gasteiger charge is -2.35. The summed E-state index contributed by atoms with van der Waals surface area (Å²) in [5, 5.41) is 13.1. The highest BCUT2D eigenvalue weighted by atomic mass is 35.5. The number of benzene rings is 3. The Morgan fingerprint density at radius 1 is 0.945 bits per heavy atom. The molecule has 1 saturated heterocycles. The molecule has 1 unspecified atom stereocenters. The maximum absolute atomic E-state index is 13.8. The van der Waals surface area contributed by atoms with Crippen LogP contribution in [0.1, 0.15) is 78.1 Å². The first-order valence-electron chi connectivity index (χ1n) is 18.2. The van der Waals surface area contributed by atoms with E-state index in [1.807, 2.05) is 36.9 Å². The summed E-state index contributed by atoms with van der Waals surface area (Å²) in [4.78, 5) is 45.6. The third-order valence-electron chi connectivity index (χ3n) is 9.41. The standard InChI is InChI=1S/C40H55N7O6.2ClH/c1-7-36(44-40(41)42)53-33-14-11-10-13-30(33)38(49)43-31-18-17-28(26-34(31)51-6)39(50)46(5)32-19-16-27(2)25-35(32)52-24-12-8-9-15-37(48)47-22-20-29(21-23-47)45(3)4;;/h10-11,13-14,16-19,25-26,29,36H,7-9,12,15,20-24H2,1-6H3,(H,43,49)(H4,41,42,44);2*1H. The first-order valence-corrected chi connectivity index (χ1v) is 18.2. The highest BCUT2D eigenvalue weighted by molar-refractivity contribution is 6.09. The number of aryl methyl sites for hydroxylation is 1. The van der Waals surface area contributed by atoms with E-state index >= 15 is 0 Å². The summed E-state index contributed by atoms with van der Waals surface area (Å²) < 4.78 is 17.7. The van der Waals surface area contributed by atoms with Crippen molar-refractivity contribution < 1.29 is 28.6 Å². The normalized spacial score (nSPS) is 13.1. The van der Waals surface area contributed by atoms with Crippen LogP contribution in [0.4, 0.5) is 11.4 Å². The quantitative estimate of drug-likeness (QED) is 0.0519. The van der Waals surface area contributed by atoms with Crippen LogP contribution in [0.2, 0.25) is 0 Å². The number of nitrogens with two attached hydrogens (primary N) is 1. The highest BCUT2D eigenvalue weighted by Gasteiger charge is 2.24. The molecule has 15 heteroatoms. The third kappa shape index (κ3) is 13.2. The van der Waals surface area contributed by atoms with Crippen LogP contribution in [0.5, 0.6) is 17.2 Å². The zero-order valence-corrected chi connectivity index (χ0v) is 34.3. The number of likely N-dealkylation sites (tertiary alicyclic amines) is 1. The molecule has 5 N–H and O–H groups in total. The summed E-state index contributed by atoms with van der Waals surface area (Å²) >= 11 is 0. The molecule has 302 valence electrons. The van der Waals surface area contributed by atoms with Crippen molar-refractivity contribution >= 4 is 59.9 Å². The highest BCUT2D eigenvalue weighted by Crippen LogP contribution is 2.33. The molecule has 0 saturated carbocycles. The van der Waals surface area contributed by atoms with Crippen LogP contribution < -0.4 is 35.5 Å². The maximum Gasteiger partial charge on any atom is 0.259 e. The van der Waals surface area contributed by atoms with E-state index in [2.05, 4.69) is 29.6 Å². The summed E-state index contributed by atoms with van der Waals surface area (Å²) in [6.07, 6.45) is 4.97. The number of nitrogens with one attached hydrogen (secondary N) is 3. The molecule has 1 fully saturated rings. The van der Waals surface area contributed by atoms with Crippen molar-refractivity contribution in [1.29, 1.82) is 5.41 Å². The Bertz CT molecular complexity index is 1740. The van der Waals surface area contributed by atoms with E-state index in [4.69, 9.17) is 25.4 Å². The fourth-order valence-corrected chi connectivity index (χ4v) is 6.26. The topological polar surface area (TPSA) is 163 Å². The molecule has 1 atom stereocenters. The van der Waals surface area contributed by atoms with Crippen molar-refractivity contribution in [2.45, 2.75) is 71.1 Å². The zero-order valence-electron chi connectivity index (χ0n) is 32.7. The lowest BCUT2D eigenvalue weighted by molar-refractivity contribution is -0.132. The molecule has 13 nitrogen and oxygen atoms in total. The van der Waals surface area contributed by atoms with E-state index in [1.165, 1.54) is 12.0 Å². The molecule has 0 aliphatic carbocycles. The number of amides is 3. The van der Waals surface area contributed by atoms with Crippen LogP contribution in [-0.4, -0.2) is 93.7 Å². The van der Waals surface area contributed by atoms with Gasteiger partial charge in [0.2, 0.25) is 5.91 Å². The van der Waals surface area contributed by atoms with Crippen molar-refractivity contribution in [2.75, 3.05) is 58.2 Å². The molecule has 1 aliphatic rings. The number of para-hydroxylation sites is 1. The smallest absolute Gasteiger partial charge is 0.259 e. The summed E-state index contributed by atoms with van der Waals surface area (Å²) in [5.41, 5.74) is 8.10. The molecule has 0 radical (unpaired) electrons. The fourth-order valence-electron chi connectivity index (χ4n) is 6.26. The van der Waals surface area contributed by atoms with E-state index in [9.17, 15) is 14.4 Å². The predicted molar refractivity (Wildman–Crippen MR) is 223 cm³/mol. The third-order valence-corrected chi connectivity index (χ3v) is 9.41. The number of anilines is 2.